The molecular formula is C8H18N2S2. The fourth-order valence-corrected chi connectivity index (χ4v) is 0.460. The maximum Gasteiger partial charge on any atom is 0.0847 e. The molecule has 0 rings (SSSR count). The molecule has 0 saturated carbocycles. The first-order valence-corrected chi connectivity index (χ1v) is 5.25. The Bertz CT molecular complexity index is 146. The molecule has 4 heteroatoms. The van der Waals surface area contributed by atoms with Crippen LogP contribution in [-0.2, 0) is 0 Å². The van der Waals surface area contributed by atoms with Gasteiger partial charge in [0.1, 0.15) is 0 Å². The minimum Gasteiger partial charge on any atom is -0.187 e. The maximum absolute atomic E-state index is 4.22. The van der Waals surface area contributed by atoms with Crippen LogP contribution < -0.4 is 0 Å². The van der Waals surface area contributed by atoms with Crippen molar-refractivity contribution in [3.8, 4) is 0 Å². The average Bonchev–Trinajstić information content (AvgIpc) is 2.02. The van der Waals surface area contributed by atoms with E-state index in [1.165, 1.54) is 0 Å². The molecule has 0 aliphatic carbocycles. The van der Waals surface area contributed by atoms with E-state index in [0.717, 1.165) is 0 Å². The number of azo groups is 1. The van der Waals surface area contributed by atoms with Gasteiger partial charge in [-0.3, -0.25) is 0 Å². The van der Waals surface area contributed by atoms with Crippen molar-refractivity contribution in [1.29, 1.82) is 0 Å². The molecule has 0 saturated heterocycles. The van der Waals surface area contributed by atoms with Gasteiger partial charge in [-0.1, -0.05) is 0 Å². The molecule has 0 aromatic heterocycles. The number of rotatable bonds is 4. The Morgan fingerprint density at radius 2 is 1.08 bits per heavy atom. The summed E-state index contributed by atoms with van der Waals surface area (Å²) in [6.45, 7) is 8.05. The molecule has 2 nitrogen and oxygen atoms in total. The van der Waals surface area contributed by atoms with E-state index in [2.05, 4.69) is 35.5 Å². The normalized spacial score (nSPS) is 14.2. The third-order valence-corrected chi connectivity index (χ3v) is 2.91. The second kappa shape index (κ2) is 4.51. The molecule has 0 spiro atoms. The Kier molecular flexibility index (Phi) is 4.62. The SMILES string of the molecule is CC(C)(CS)N=NC(C)(C)CS. The van der Waals surface area contributed by atoms with Crippen molar-refractivity contribution in [2.24, 2.45) is 10.2 Å². The summed E-state index contributed by atoms with van der Waals surface area (Å²) >= 11 is 8.37. The van der Waals surface area contributed by atoms with Crippen LogP contribution in [0.1, 0.15) is 27.7 Å². The van der Waals surface area contributed by atoms with Gasteiger partial charge in [0.2, 0.25) is 0 Å². The number of nitrogens with zero attached hydrogens (tertiary/aromatic N) is 2. The summed E-state index contributed by atoms with van der Waals surface area (Å²) in [6.07, 6.45) is 0. The topological polar surface area (TPSA) is 24.7 Å². The van der Waals surface area contributed by atoms with Gasteiger partial charge in [-0.2, -0.15) is 35.5 Å². The highest BCUT2D eigenvalue weighted by atomic mass is 32.1. The van der Waals surface area contributed by atoms with Crippen LogP contribution in [0.5, 0.6) is 0 Å². The summed E-state index contributed by atoms with van der Waals surface area (Å²) in [5.41, 5.74) is -0.327. The highest BCUT2D eigenvalue weighted by Gasteiger charge is 2.18. The lowest BCUT2D eigenvalue weighted by Crippen LogP contribution is -2.23. The lowest BCUT2D eigenvalue weighted by atomic mass is 10.1. The van der Waals surface area contributed by atoms with Gasteiger partial charge in [-0.05, 0) is 27.7 Å². The number of hydrogen-bond donors (Lipinski definition) is 2. The summed E-state index contributed by atoms with van der Waals surface area (Å²) in [5.74, 6) is 1.41. The first kappa shape index (κ1) is 12.3. The van der Waals surface area contributed by atoms with Crippen molar-refractivity contribution >= 4 is 25.3 Å². The summed E-state index contributed by atoms with van der Waals surface area (Å²) in [5, 5.41) is 8.43. The average molecular weight is 206 g/mol. The van der Waals surface area contributed by atoms with Gasteiger partial charge in [-0.25, -0.2) is 0 Å². The second-order valence-electron chi connectivity index (χ2n) is 4.14. The lowest BCUT2D eigenvalue weighted by Gasteiger charge is -2.19. The highest BCUT2D eigenvalue weighted by molar-refractivity contribution is 7.80. The molecular weight excluding hydrogens is 188 g/mol. The fourth-order valence-electron chi connectivity index (χ4n) is 0.334. The van der Waals surface area contributed by atoms with Gasteiger partial charge in [0.25, 0.3) is 0 Å². The van der Waals surface area contributed by atoms with Crippen LogP contribution in [-0.4, -0.2) is 22.6 Å². The molecule has 0 radical (unpaired) electrons. The molecule has 0 fully saturated rings. The van der Waals surface area contributed by atoms with E-state index in [1.807, 2.05) is 27.7 Å². The van der Waals surface area contributed by atoms with E-state index in [4.69, 9.17) is 0 Å². The molecule has 0 amide bonds. The first-order chi connectivity index (χ1) is 5.33. The Morgan fingerprint density at radius 3 is 1.25 bits per heavy atom. The molecule has 0 aliphatic heterocycles. The summed E-state index contributed by atoms with van der Waals surface area (Å²) in [6, 6.07) is 0. The number of thiol groups is 2. The zero-order chi connectivity index (χ0) is 9.83. The molecule has 0 atom stereocenters. The summed E-state index contributed by atoms with van der Waals surface area (Å²) in [4.78, 5) is 0. The van der Waals surface area contributed by atoms with E-state index in [9.17, 15) is 0 Å². The first-order valence-electron chi connectivity index (χ1n) is 3.99. The molecule has 0 unspecified atom stereocenters. The minimum absolute atomic E-state index is 0.163. The minimum atomic E-state index is -0.163. The van der Waals surface area contributed by atoms with Crippen molar-refractivity contribution in [1.82, 2.24) is 0 Å². The fraction of sp³-hybridized carbons (Fsp3) is 1.00. The Balaban J connectivity index is 4.23. The Morgan fingerprint density at radius 1 is 0.833 bits per heavy atom. The lowest BCUT2D eigenvalue weighted by molar-refractivity contribution is 0.476. The van der Waals surface area contributed by atoms with Crippen LogP contribution in [0.2, 0.25) is 0 Å². The van der Waals surface area contributed by atoms with Gasteiger partial charge < -0.3 is 0 Å². The molecule has 0 aromatic carbocycles. The van der Waals surface area contributed by atoms with Gasteiger partial charge >= 0.3 is 0 Å². The third kappa shape index (κ3) is 5.04. The van der Waals surface area contributed by atoms with Crippen LogP contribution in [0.3, 0.4) is 0 Å². The van der Waals surface area contributed by atoms with Gasteiger partial charge in [0.05, 0.1) is 11.1 Å². The zero-order valence-electron chi connectivity index (χ0n) is 8.20. The molecule has 0 aromatic rings. The zero-order valence-corrected chi connectivity index (χ0v) is 9.99. The largest absolute Gasteiger partial charge is 0.187 e. The molecule has 0 aliphatic rings. The predicted octanol–water partition coefficient (Wildman–Crippen LogP) is 2.86. The molecule has 0 heterocycles. The molecule has 12 heavy (non-hydrogen) atoms. The standard InChI is InChI=1S/C8H18N2S2/c1-7(2,5-11)9-10-8(3,4)6-12/h11-12H,5-6H2,1-4H3. The van der Waals surface area contributed by atoms with Crippen molar-refractivity contribution in [3.05, 3.63) is 0 Å². The quantitative estimate of drug-likeness (QED) is 0.522. The van der Waals surface area contributed by atoms with E-state index in [-0.39, 0.29) is 11.1 Å². The number of hydrogen-bond acceptors (Lipinski definition) is 4. The summed E-state index contributed by atoms with van der Waals surface area (Å²) < 4.78 is 0. The van der Waals surface area contributed by atoms with Crippen molar-refractivity contribution in [2.75, 3.05) is 11.5 Å². The van der Waals surface area contributed by atoms with E-state index in [1.54, 1.807) is 0 Å². The molecule has 0 bridgehead atoms. The van der Waals surface area contributed by atoms with Gasteiger partial charge in [0.15, 0.2) is 0 Å². The van der Waals surface area contributed by atoms with Crippen molar-refractivity contribution < 1.29 is 0 Å². The van der Waals surface area contributed by atoms with Crippen LogP contribution in [0, 0.1) is 0 Å². The van der Waals surface area contributed by atoms with E-state index >= 15 is 0 Å². The maximum atomic E-state index is 4.22. The van der Waals surface area contributed by atoms with E-state index in [0.29, 0.717) is 11.5 Å². The highest BCUT2D eigenvalue weighted by Crippen LogP contribution is 2.17. The third-order valence-electron chi connectivity index (χ3n) is 1.37. The second-order valence-corrected chi connectivity index (χ2v) is 4.77. The van der Waals surface area contributed by atoms with Crippen LogP contribution >= 0.6 is 25.3 Å². The predicted molar refractivity (Wildman–Crippen MR) is 60.7 cm³/mol. The Hall–Kier alpha value is 0.300. The van der Waals surface area contributed by atoms with E-state index < -0.39 is 0 Å². The van der Waals surface area contributed by atoms with Crippen molar-refractivity contribution in [2.45, 2.75) is 38.8 Å². The van der Waals surface area contributed by atoms with Gasteiger partial charge in [0, 0.05) is 11.5 Å². The van der Waals surface area contributed by atoms with Crippen LogP contribution in [0.25, 0.3) is 0 Å². The molecule has 72 valence electrons. The van der Waals surface area contributed by atoms with Crippen molar-refractivity contribution in [3.63, 3.8) is 0 Å². The smallest absolute Gasteiger partial charge is 0.0847 e. The molecule has 0 N–H and O–H groups in total. The van der Waals surface area contributed by atoms with Gasteiger partial charge in [-0.15, -0.1) is 0 Å². The monoisotopic (exact) mass is 206 g/mol. The summed E-state index contributed by atoms with van der Waals surface area (Å²) in [7, 11) is 0. The van der Waals surface area contributed by atoms with Crippen LogP contribution in [0.15, 0.2) is 10.2 Å². The van der Waals surface area contributed by atoms with Crippen LogP contribution in [0.4, 0.5) is 0 Å². The Labute approximate surface area is 86.1 Å².